The first-order chi connectivity index (χ1) is 5.84. The SMILES string of the molecule is C[C@H](NCCCF)c1cccs1. The van der Waals surface area contributed by atoms with Gasteiger partial charge in [0.25, 0.3) is 0 Å². The Kier molecular flexibility index (Phi) is 4.25. The first-order valence-corrected chi connectivity index (χ1v) is 5.05. The molecule has 68 valence electrons. The maximum atomic E-state index is 11.7. The van der Waals surface area contributed by atoms with Gasteiger partial charge in [0.05, 0.1) is 6.67 Å². The molecule has 1 aromatic heterocycles. The van der Waals surface area contributed by atoms with Gasteiger partial charge in [0.2, 0.25) is 0 Å². The van der Waals surface area contributed by atoms with Crippen LogP contribution in [0.5, 0.6) is 0 Å². The molecule has 0 bridgehead atoms. The highest BCUT2D eigenvalue weighted by atomic mass is 32.1. The zero-order chi connectivity index (χ0) is 8.81. The van der Waals surface area contributed by atoms with Crippen molar-refractivity contribution in [2.45, 2.75) is 19.4 Å². The average molecular weight is 187 g/mol. The van der Waals surface area contributed by atoms with Gasteiger partial charge < -0.3 is 5.32 Å². The Morgan fingerprint density at radius 3 is 3.08 bits per heavy atom. The molecular formula is C9H14FNS. The van der Waals surface area contributed by atoms with Crippen LogP contribution in [0.2, 0.25) is 0 Å². The summed E-state index contributed by atoms with van der Waals surface area (Å²) in [5.41, 5.74) is 0. The van der Waals surface area contributed by atoms with Crippen LogP contribution in [-0.4, -0.2) is 13.2 Å². The molecule has 3 heteroatoms. The van der Waals surface area contributed by atoms with Crippen LogP contribution < -0.4 is 5.32 Å². The van der Waals surface area contributed by atoms with Crippen molar-refractivity contribution in [2.75, 3.05) is 13.2 Å². The van der Waals surface area contributed by atoms with E-state index in [9.17, 15) is 4.39 Å². The van der Waals surface area contributed by atoms with E-state index in [4.69, 9.17) is 0 Å². The van der Waals surface area contributed by atoms with Gasteiger partial charge in [-0.3, -0.25) is 4.39 Å². The molecule has 1 nitrogen and oxygen atoms in total. The van der Waals surface area contributed by atoms with Gasteiger partial charge in [-0.1, -0.05) is 6.07 Å². The number of rotatable bonds is 5. The average Bonchev–Trinajstić information content (AvgIpc) is 2.56. The molecule has 12 heavy (non-hydrogen) atoms. The number of hydrogen-bond donors (Lipinski definition) is 1. The normalized spacial score (nSPS) is 13.2. The molecule has 0 aliphatic rings. The Labute approximate surface area is 76.6 Å². The second-order valence-electron chi connectivity index (χ2n) is 2.73. The van der Waals surface area contributed by atoms with Crippen molar-refractivity contribution in [3.8, 4) is 0 Å². The fourth-order valence-electron chi connectivity index (χ4n) is 1.02. The molecule has 0 aliphatic carbocycles. The minimum atomic E-state index is -0.232. The number of nitrogens with one attached hydrogen (secondary N) is 1. The van der Waals surface area contributed by atoms with Gasteiger partial charge in [-0.15, -0.1) is 11.3 Å². The molecule has 1 rings (SSSR count). The van der Waals surface area contributed by atoms with E-state index < -0.39 is 0 Å². The molecule has 0 saturated carbocycles. The minimum Gasteiger partial charge on any atom is -0.309 e. The minimum absolute atomic E-state index is 0.232. The van der Waals surface area contributed by atoms with E-state index in [1.807, 2.05) is 6.07 Å². The molecule has 0 saturated heterocycles. The number of thiophene rings is 1. The Bertz CT molecular complexity index is 198. The van der Waals surface area contributed by atoms with Gasteiger partial charge in [0, 0.05) is 10.9 Å². The smallest absolute Gasteiger partial charge is 0.0906 e. The summed E-state index contributed by atoms with van der Waals surface area (Å²) in [5.74, 6) is 0. The summed E-state index contributed by atoms with van der Waals surface area (Å²) in [6.07, 6.45) is 0.607. The van der Waals surface area contributed by atoms with Crippen molar-refractivity contribution >= 4 is 11.3 Å². The van der Waals surface area contributed by atoms with Gasteiger partial charge in [-0.05, 0) is 31.3 Å². The highest BCUT2D eigenvalue weighted by Crippen LogP contribution is 2.17. The molecule has 0 unspecified atom stereocenters. The lowest BCUT2D eigenvalue weighted by molar-refractivity contribution is 0.447. The third kappa shape index (κ3) is 2.91. The van der Waals surface area contributed by atoms with Gasteiger partial charge in [-0.2, -0.15) is 0 Å². The van der Waals surface area contributed by atoms with Gasteiger partial charge >= 0.3 is 0 Å². The molecule has 0 spiro atoms. The van der Waals surface area contributed by atoms with Crippen LogP contribution in [0.4, 0.5) is 4.39 Å². The largest absolute Gasteiger partial charge is 0.309 e. The summed E-state index contributed by atoms with van der Waals surface area (Å²) < 4.78 is 11.7. The molecule has 1 atom stereocenters. The topological polar surface area (TPSA) is 12.0 Å². The fraction of sp³-hybridized carbons (Fsp3) is 0.556. The van der Waals surface area contributed by atoms with Crippen LogP contribution in [0.15, 0.2) is 17.5 Å². The van der Waals surface area contributed by atoms with Crippen molar-refractivity contribution < 1.29 is 4.39 Å². The molecule has 0 amide bonds. The van der Waals surface area contributed by atoms with E-state index in [1.165, 1.54) is 4.88 Å². The third-order valence-electron chi connectivity index (χ3n) is 1.73. The van der Waals surface area contributed by atoms with Crippen LogP contribution in [0.1, 0.15) is 24.3 Å². The lowest BCUT2D eigenvalue weighted by Crippen LogP contribution is -2.19. The monoisotopic (exact) mass is 187 g/mol. The maximum Gasteiger partial charge on any atom is 0.0906 e. The summed E-state index contributed by atoms with van der Waals surface area (Å²) in [5, 5.41) is 5.31. The zero-order valence-electron chi connectivity index (χ0n) is 7.22. The molecule has 1 aromatic rings. The van der Waals surface area contributed by atoms with E-state index in [-0.39, 0.29) is 6.67 Å². The van der Waals surface area contributed by atoms with Gasteiger partial charge in [0.15, 0.2) is 0 Å². The molecule has 0 fully saturated rings. The van der Waals surface area contributed by atoms with Crippen molar-refractivity contribution in [3.63, 3.8) is 0 Å². The van der Waals surface area contributed by atoms with Crippen LogP contribution in [0, 0.1) is 0 Å². The van der Waals surface area contributed by atoms with Crippen molar-refractivity contribution in [1.82, 2.24) is 5.32 Å². The summed E-state index contributed by atoms with van der Waals surface area (Å²) in [6.45, 7) is 2.63. The van der Waals surface area contributed by atoms with Crippen molar-refractivity contribution in [2.24, 2.45) is 0 Å². The zero-order valence-corrected chi connectivity index (χ0v) is 8.03. The molecule has 0 aliphatic heterocycles. The van der Waals surface area contributed by atoms with Crippen molar-refractivity contribution in [1.29, 1.82) is 0 Å². The predicted molar refractivity (Wildman–Crippen MR) is 51.3 cm³/mol. The molecule has 1 heterocycles. The maximum absolute atomic E-state index is 11.7. The number of halogens is 1. The molecular weight excluding hydrogens is 173 g/mol. The quantitative estimate of drug-likeness (QED) is 0.699. The molecule has 0 radical (unpaired) electrons. The summed E-state index contributed by atoms with van der Waals surface area (Å²) in [4.78, 5) is 1.31. The summed E-state index contributed by atoms with van der Waals surface area (Å²) in [7, 11) is 0. The fourth-order valence-corrected chi connectivity index (χ4v) is 1.78. The van der Waals surface area contributed by atoms with E-state index >= 15 is 0 Å². The number of hydrogen-bond acceptors (Lipinski definition) is 2. The summed E-state index contributed by atoms with van der Waals surface area (Å²) in [6, 6.07) is 4.49. The summed E-state index contributed by atoms with van der Waals surface area (Å²) >= 11 is 1.73. The van der Waals surface area contributed by atoms with Gasteiger partial charge in [-0.25, -0.2) is 0 Å². The van der Waals surface area contributed by atoms with Gasteiger partial charge in [0.1, 0.15) is 0 Å². The lowest BCUT2D eigenvalue weighted by atomic mass is 10.2. The van der Waals surface area contributed by atoms with Crippen LogP contribution in [0.3, 0.4) is 0 Å². The first kappa shape index (κ1) is 9.68. The highest BCUT2D eigenvalue weighted by Gasteiger charge is 2.03. The number of alkyl halides is 1. The first-order valence-electron chi connectivity index (χ1n) is 4.17. The Morgan fingerprint density at radius 2 is 2.50 bits per heavy atom. The van der Waals surface area contributed by atoms with E-state index in [0.29, 0.717) is 12.5 Å². The molecule has 1 N–H and O–H groups in total. The third-order valence-corrected chi connectivity index (χ3v) is 2.79. The van der Waals surface area contributed by atoms with Crippen LogP contribution in [0.25, 0.3) is 0 Å². The standard InChI is InChI=1S/C9H14FNS/c1-8(11-6-3-5-10)9-4-2-7-12-9/h2,4,7-8,11H,3,5-6H2,1H3/t8-/m0/s1. The second-order valence-corrected chi connectivity index (χ2v) is 3.71. The Balaban J connectivity index is 2.25. The second kappa shape index (κ2) is 5.27. The Hall–Kier alpha value is -0.410. The van der Waals surface area contributed by atoms with Crippen LogP contribution in [-0.2, 0) is 0 Å². The van der Waals surface area contributed by atoms with Crippen molar-refractivity contribution in [3.05, 3.63) is 22.4 Å². The Morgan fingerprint density at radius 1 is 1.67 bits per heavy atom. The lowest BCUT2D eigenvalue weighted by Gasteiger charge is -2.10. The molecule has 0 aromatic carbocycles. The van der Waals surface area contributed by atoms with E-state index in [2.05, 4.69) is 23.7 Å². The van der Waals surface area contributed by atoms with E-state index in [1.54, 1.807) is 11.3 Å². The van der Waals surface area contributed by atoms with Crippen LogP contribution >= 0.6 is 11.3 Å². The van der Waals surface area contributed by atoms with E-state index in [0.717, 1.165) is 6.54 Å². The predicted octanol–water partition coefficient (Wildman–Crippen LogP) is 2.76. The highest BCUT2D eigenvalue weighted by molar-refractivity contribution is 7.10.